The maximum Gasteiger partial charge on any atom is 0.239 e. The molecule has 1 aromatic rings. The third-order valence-electron chi connectivity index (χ3n) is 3.57. The number of thiocarbonyl (C=S) groups is 1. The Labute approximate surface area is 126 Å². The van der Waals surface area contributed by atoms with Crippen molar-refractivity contribution in [1.29, 1.82) is 0 Å². The van der Waals surface area contributed by atoms with Crippen LogP contribution in [0.5, 0.6) is 0 Å². The molecule has 0 unspecified atom stereocenters. The first-order valence-electron chi connectivity index (χ1n) is 6.97. The number of amides is 1. The molecule has 0 aliphatic rings. The minimum absolute atomic E-state index is 0.0401. The molecule has 1 heterocycles. The summed E-state index contributed by atoms with van der Waals surface area (Å²) in [6, 6.07) is 3.66. The Morgan fingerprint density at radius 3 is 2.40 bits per heavy atom. The molecule has 0 fully saturated rings. The monoisotopic (exact) mass is 293 g/mol. The van der Waals surface area contributed by atoms with E-state index in [-0.39, 0.29) is 5.91 Å². The van der Waals surface area contributed by atoms with E-state index < -0.39 is 5.41 Å². The Balaban J connectivity index is 3.13. The molecule has 1 rings (SSSR count). The number of carbonyl (C=O) groups excluding carboxylic acids is 1. The Bertz CT molecular complexity index is 455. The standard InChI is InChI=1S/C15H23N3OS/c1-4-8-15(9-5-2,13(16)20)14(19)18(3)12-7-6-10-17-11-12/h6-7,10-11H,4-5,8-9H2,1-3H3,(H2,16,20). The maximum atomic E-state index is 12.9. The molecule has 0 saturated heterocycles. The van der Waals surface area contributed by atoms with Crippen LogP contribution < -0.4 is 10.6 Å². The van der Waals surface area contributed by atoms with E-state index in [1.165, 1.54) is 0 Å². The van der Waals surface area contributed by atoms with Crippen LogP contribution in [0.2, 0.25) is 0 Å². The molecule has 0 aromatic carbocycles. The molecule has 0 saturated carbocycles. The number of rotatable bonds is 7. The molecule has 0 aliphatic carbocycles. The molecule has 20 heavy (non-hydrogen) atoms. The Kier molecular flexibility index (Phi) is 6.07. The van der Waals surface area contributed by atoms with Crippen molar-refractivity contribution in [3.8, 4) is 0 Å². The van der Waals surface area contributed by atoms with Crippen LogP contribution >= 0.6 is 12.2 Å². The zero-order valence-corrected chi connectivity index (χ0v) is 13.2. The molecule has 2 N–H and O–H groups in total. The van der Waals surface area contributed by atoms with Crippen molar-refractivity contribution in [3.63, 3.8) is 0 Å². The maximum absolute atomic E-state index is 12.9. The summed E-state index contributed by atoms with van der Waals surface area (Å²) in [5.41, 5.74) is 5.94. The summed E-state index contributed by atoms with van der Waals surface area (Å²) >= 11 is 5.22. The SMILES string of the molecule is CCCC(CCC)(C(=O)N(C)c1cccnc1)C(N)=S. The molecule has 4 nitrogen and oxygen atoms in total. The quantitative estimate of drug-likeness (QED) is 0.785. The van der Waals surface area contributed by atoms with Gasteiger partial charge in [0, 0.05) is 13.2 Å². The van der Waals surface area contributed by atoms with Crippen molar-refractivity contribution in [2.24, 2.45) is 11.1 Å². The number of aromatic nitrogens is 1. The van der Waals surface area contributed by atoms with E-state index in [2.05, 4.69) is 4.98 Å². The third kappa shape index (κ3) is 3.33. The van der Waals surface area contributed by atoms with Gasteiger partial charge in [-0.2, -0.15) is 0 Å². The fraction of sp³-hybridized carbons (Fsp3) is 0.533. The highest BCUT2D eigenvalue weighted by atomic mass is 32.1. The average molecular weight is 293 g/mol. The summed E-state index contributed by atoms with van der Waals surface area (Å²) in [5, 5.41) is 0. The third-order valence-corrected chi connectivity index (χ3v) is 3.96. The number of hydrogen-bond acceptors (Lipinski definition) is 3. The highest BCUT2D eigenvalue weighted by Gasteiger charge is 2.42. The van der Waals surface area contributed by atoms with Gasteiger partial charge >= 0.3 is 0 Å². The van der Waals surface area contributed by atoms with Gasteiger partial charge in [0.2, 0.25) is 5.91 Å². The summed E-state index contributed by atoms with van der Waals surface area (Å²) in [4.78, 5) is 18.9. The number of nitrogens with two attached hydrogens (primary N) is 1. The fourth-order valence-electron chi connectivity index (χ4n) is 2.53. The summed E-state index contributed by atoms with van der Waals surface area (Å²) in [5.74, 6) is -0.0401. The van der Waals surface area contributed by atoms with Gasteiger partial charge in [-0.3, -0.25) is 9.78 Å². The van der Waals surface area contributed by atoms with Gasteiger partial charge in [0.05, 0.1) is 22.3 Å². The topological polar surface area (TPSA) is 59.2 Å². The summed E-state index contributed by atoms with van der Waals surface area (Å²) in [7, 11) is 1.75. The van der Waals surface area contributed by atoms with E-state index in [1.54, 1.807) is 30.4 Å². The lowest BCUT2D eigenvalue weighted by molar-refractivity contribution is -0.125. The average Bonchev–Trinajstić information content (AvgIpc) is 2.46. The van der Waals surface area contributed by atoms with Gasteiger partial charge in [-0.1, -0.05) is 38.9 Å². The van der Waals surface area contributed by atoms with E-state index in [1.807, 2.05) is 19.9 Å². The molecule has 5 heteroatoms. The van der Waals surface area contributed by atoms with Crippen molar-refractivity contribution in [3.05, 3.63) is 24.5 Å². The molecule has 0 bridgehead atoms. The van der Waals surface area contributed by atoms with Crippen LogP contribution in [0, 0.1) is 5.41 Å². The smallest absolute Gasteiger partial charge is 0.239 e. The molecular formula is C15H23N3OS. The Morgan fingerprint density at radius 1 is 1.40 bits per heavy atom. The molecule has 0 radical (unpaired) electrons. The first kappa shape index (κ1) is 16.6. The van der Waals surface area contributed by atoms with Crippen LogP contribution in [0.4, 0.5) is 5.69 Å². The van der Waals surface area contributed by atoms with Gasteiger partial charge in [0.1, 0.15) is 0 Å². The number of nitrogens with zero attached hydrogens (tertiary/aromatic N) is 2. The van der Waals surface area contributed by atoms with Crippen molar-refractivity contribution in [2.45, 2.75) is 39.5 Å². The first-order valence-corrected chi connectivity index (χ1v) is 7.38. The highest BCUT2D eigenvalue weighted by molar-refractivity contribution is 7.80. The second-order valence-electron chi connectivity index (χ2n) is 5.02. The molecule has 1 aromatic heterocycles. The lowest BCUT2D eigenvalue weighted by atomic mass is 9.77. The largest absolute Gasteiger partial charge is 0.392 e. The summed E-state index contributed by atoms with van der Waals surface area (Å²) < 4.78 is 0. The Hall–Kier alpha value is -1.49. The zero-order valence-electron chi connectivity index (χ0n) is 12.4. The van der Waals surface area contributed by atoms with Gasteiger partial charge in [-0.25, -0.2) is 0 Å². The second-order valence-corrected chi connectivity index (χ2v) is 5.46. The minimum Gasteiger partial charge on any atom is -0.392 e. The van der Waals surface area contributed by atoms with Crippen LogP contribution in [0.3, 0.4) is 0 Å². The van der Waals surface area contributed by atoms with Gasteiger partial charge < -0.3 is 10.6 Å². The zero-order chi connectivity index (χ0) is 15.2. The predicted molar refractivity (Wildman–Crippen MR) is 86.7 cm³/mol. The van der Waals surface area contributed by atoms with E-state index in [0.29, 0.717) is 17.8 Å². The highest BCUT2D eigenvalue weighted by Crippen LogP contribution is 2.34. The van der Waals surface area contributed by atoms with E-state index in [4.69, 9.17) is 18.0 Å². The van der Waals surface area contributed by atoms with Gasteiger partial charge in [-0.05, 0) is 25.0 Å². The number of pyridine rings is 1. The van der Waals surface area contributed by atoms with Crippen LogP contribution in [-0.4, -0.2) is 22.9 Å². The van der Waals surface area contributed by atoms with Crippen LogP contribution in [0.15, 0.2) is 24.5 Å². The van der Waals surface area contributed by atoms with Crippen molar-refractivity contribution in [1.82, 2.24) is 4.98 Å². The Morgan fingerprint density at radius 2 is 2.00 bits per heavy atom. The van der Waals surface area contributed by atoms with Crippen LogP contribution in [0.1, 0.15) is 39.5 Å². The number of carbonyl (C=O) groups is 1. The van der Waals surface area contributed by atoms with Crippen molar-refractivity contribution < 1.29 is 4.79 Å². The van der Waals surface area contributed by atoms with Crippen molar-refractivity contribution >= 4 is 28.8 Å². The summed E-state index contributed by atoms with van der Waals surface area (Å²) in [6.45, 7) is 4.08. The normalized spacial score (nSPS) is 11.2. The minimum atomic E-state index is -0.747. The molecular weight excluding hydrogens is 270 g/mol. The van der Waals surface area contributed by atoms with Gasteiger partial charge in [0.15, 0.2) is 0 Å². The lowest BCUT2D eigenvalue weighted by Crippen LogP contribution is -2.49. The van der Waals surface area contributed by atoms with E-state index in [0.717, 1.165) is 18.5 Å². The van der Waals surface area contributed by atoms with E-state index in [9.17, 15) is 4.79 Å². The molecule has 110 valence electrons. The fourth-order valence-corrected chi connectivity index (χ4v) is 2.83. The number of anilines is 1. The van der Waals surface area contributed by atoms with Crippen LogP contribution in [0.25, 0.3) is 0 Å². The lowest BCUT2D eigenvalue weighted by Gasteiger charge is -2.34. The van der Waals surface area contributed by atoms with Crippen molar-refractivity contribution in [2.75, 3.05) is 11.9 Å². The predicted octanol–water partition coefficient (Wildman–Crippen LogP) is 2.92. The van der Waals surface area contributed by atoms with Crippen LogP contribution in [-0.2, 0) is 4.79 Å². The van der Waals surface area contributed by atoms with E-state index >= 15 is 0 Å². The summed E-state index contributed by atoms with van der Waals surface area (Å²) in [6.07, 6.45) is 6.44. The molecule has 1 amide bonds. The number of hydrogen-bond donors (Lipinski definition) is 1. The molecule has 0 aliphatic heterocycles. The molecule has 0 spiro atoms. The second kappa shape index (κ2) is 7.33. The molecule has 0 atom stereocenters. The van der Waals surface area contributed by atoms with Gasteiger partial charge in [0.25, 0.3) is 0 Å². The van der Waals surface area contributed by atoms with Gasteiger partial charge in [-0.15, -0.1) is 0 Å². The first-order chi connectivity index (χ1) is 9.49.